The minimum Gasteiger partial charge on any atom is -0.496 e. The van der Waals surface area contributed by atoms with E-state index in [0.29, 0.717) is 16.3 Å². The van der Waals surface area contributed by atoms with Crippen molar-refractivity contribution in [1.82, 2.24) is 10.7 Å². The Morgan fingerprint density at radius 3 is 2.91 bits per heavy atom. The lowest BCUT2D eigenvalue weighted by Gasteiger charge is -2.05. The minimum absolute atomic E-state index is 0.130. The van der Waals surface area contributed by atoms with Gasteiger partial charge in [-0.05, 0) is 30.3 Å². The molecule has 0 atom stereocenters. The summed E-state index contributed by atoms with van der Waals surface area (Å²) in [5.74, 6) is -0.267. The number of nitrogens with zero attached hydrogens (tertiary/aromatic N) is 1. The van der Waals surface area contributed by atoms with Crippen LogP contribution in [0.2, 0.25) is 5.02 Å². The Morgan fingerprint density at radius 2 is 2.22 bits per heavy atom. The summed E-state index contributed by atoms with van der Waals surface area (Å²) >= 11 is 5.89. The monoisotopic (exact) mass is 335 g/mol. The number of nitrogens with one attached hydrogen (secondary N) is 2. The lowest BCUT2D eigenvalue weighted by Crippen LogP contribution is -2.34. The summed E-state index contributed by atoms with van der Waals surface area (Å²) in [5, 5.41) is 6.71. The van der Waals surface area contributed by atoms with Crippen LogP contribution in [0.1, 0.15) is 16.1 Å². The van der Waals surface area contributed by atoms with Gasteiger partial charge in [0.1, 0.15) is 5.75 Å². The molecule has 0 spiro atoms. The quantitative estimate of drug-likeness (QED) is 0.622. The van der Waals surface area contributed by atoms with Gasteiger partial charge in [-0.2, -0.15) is 5.10 Å². The molecule has 0 fully saturated rings. The standard InChI is InChI=1S/C15H14ClN3O4/c1-22-12-5-4-11(16)7-10(12)8-18-19-14(20)9-17-15(21)13-3-2-6-23-13/h2-8H,9H2,1H3,(H,17,21)(H,19,20)/b18-8-. The normalized spacial score (nSPS) is 10.5. The molecule has 0 radical (unpaired) electrons. The van der Waals surface area contributed by atoms with E-state index in [0.717, 1.165) is 0 Å². The molecular formula is C15H14ClN3O4. The van der Waals surface area contributed by atoms with Gasteiger partial charge < -0.3 is 14.5 Å². The fraction of sp³-hybridized carbons (Fsp3) is 0.133. The van der Waals surface area contributed by atoms with Crippen molar-refractivity contribution in [1.29, 1.82) is 0 Å². The summed E-state index contributed by atoms with van der Waals surface area (Å²) in [6.07, 6.45) is 2.77. The molecule has 1 heterocycles. The number of halogens is 1. The topological polar surface area (TPSA) is 92.9 Å². The molecule has 23 heavy (non-hydrogen) atoms. The van der Waals surface area contributed by atoms with Gasteiger partial charge >= 0.3 is 0 Å². The molecule has 2 N–H and O–H groups in total. The molecule has 0 saturated heterocycles. The Morgan fingerprint density at radius 1 is 1.39 bits per heavy atom. The van der Waals surface area contributed by atoms with Gasteiger partial charge in [-0.3, -0.25) is 9.59 Å². The van der Waals surface area contributed by atoms with Crippen molar-refractivity contribution in [2.24, 2.45) is 5.10 Å². The third kappa shape index (κ3) is 4.86. The van der Waals surface area contributed by atoms with Crippen molar-refractivity contribution in [3.63, 3.8) is 0 Å². The van der Waals surface area contributed by atoms with E-state index >= 15 is 0 Å². The second-order valence-corrected chi connectivity index (χ2v) is 4.78. The number of benzene rings is 1. The van der Waals surface area contributed by atoms with Crippen molar-refractivity contribution in [2.75, 3.05) is 13.7 Å². The zero-order valence-electron chi connectivity index (χ0n) is 12.2. The van der Waals surface area contributed by atoms with Gasteiger partial charge in [-0.1, -0.05) is 11.6 Å². The smallest absolute Gasteiger partial charge is 0.287 e. The van der Waals surface area contributed by atoms with E-state index in [1.807, 2.05) is 0 Å². The fourth-order valence-electron chi connectivity index (χ4n) is 1.67. The Labute approximate surface area is 137 Å². The molecule has 2 rings (SSSR count). The van der Waals surface area contributed by atoms with Crippen LogP contribution >= 0.6 is 11.6 Å². The molecule has 0 aliphatic rings. The zero-order chi connectivity index (χ0) is 16.7. The molecule has 2 amide bonds. The zero-order valence-corrected chi connectivity index (χ0v) is 13.0. The maximum Gasteiger partial charge on any atom is 0.287 e. The number of hydrogen-bond donors (Lipinski definition) is 2. The lowest BCUT2D eigenvalue weighted by atomic mass is 10.2. The summed E-state index contributed by atoms with van der Waals surface area (Å²) in [5.41, 5.74) is 2.90. The number of carbonyl (C=O) groups is 2. The van der Waals surface area contributed by atoms with Crippen LogP contribution in [0.5, 0.6) is 5.75 Å². The van der Waals surface area contributed by atoms with Crippen LogP contribution in [-0.4, -0.2) is 31.7 Å². The van der Waals surface area contributed by atoms with Crippen molar-refractivity contribution < 1.29 is 18.7 Å². The third-order valence-corrected chi connectivity index (χ3v) is 2.97. The van der Waals surface area contributed by atoms with Crippen molar-refractivity contribution in [3.8, 4) is 5.75 Å². The number of furan rings is 1. The predicted molar refractivity (Wildman–Crippen MR) is 84.8 cm³/mol. The number of methoxy groups -OCH3 is 1. The molecule has 0 unspecified atom stereocenters. The number of ether oxygens (including phenoxy) is 1. The van der Waals surface area contributed by atoms with Crippen molar-refractivity contribution in [2.45, 2.75) is 0 Å². The summed E-state index contributed by atoms with van der Waals surface area (Å²) in [6, 6.07) is 8.10. The highest BCUT2D eigenvalue weighted by molar-refractivity contribution is 6.30. The van der Waals surface area contributed by atoms with Gasteiger partial charge in [0.05, 0.1) is 26.1 Å². The highest BCUT2D eigenvalue weighted by Gasteiger charge is 2.09. The summed E-state index contributed by atoms with van der Waals surface area (Å²) < 4.78 is 10.1. The Hall–Kier alpha value is -2.80. The van der Waals surface area contributed by atoms with E-state index in [-0.39, 0.29) is 12.3 Å². The first-order valence-electron chi connectivity index (χ1n) is 6.57. The molecule has 2 aromatic rings. The van der Waals surface area contributed by atoms with Crippen LogP contribution in [0.4, 0.5) is 0 Å². The maximum absolute atomic E-state index is 11.6. The molecule has 0 saturated carbocycles. The van der Waals surface area contributed by atoms with Crippen LogP contribution in [0.15, 0.2) is 46.1 Å². The van der Waals surface area contributed by atoms with Crippen molar-refractivity contribution in [3.05, 3.63) is 52.9 Å². The molecule has 0 aliphatic carbocycles. The van der Waals surface area contributed by atoms with Crippen molar-refractivity contribution >= 4 is 29.6 Å². The molecule has 1 aromatic heterocycles. The summed E-state index contributed by atoms with van der Waals surface area (Å²) in [4.78, 5) is 23.2. The largest absolute Gasteiger partial charge is 0.496 e. The molecule has 1 aromatic carbocycles. The average molecular weight is 336 g/mol. The van der Waals surface area contributed by atoms with Gasteiger partial charge in [-0.25, -0.2) is 5.43 Å². The fourth-order valence-corrected chi connectivity index (χ4v) is 1.86. The second kappa shape index (κ2) is 8.00. The van der Waals surface area contributed by atoms with Crippen LogP contribution in [-0.2, 0) is 4.79 Å². The number of rotatable bonds is 6. The van der Waals surface area contributed by atoms with Crippen LogP contribution in [0.25, 0.3) is 0 Å². The molecule has 120 valence electrons. The first-order valence-corrected chi connectivity index (χ1v) is 6.95. The summed E-state index contributed by atoms with van der Waals surface area (Å²) in [6.45, 7) is -0.233. The summed E-state index contributed by atoms with van der Waals surface area (Å²) in [7, 11) is 1.52. The number of hydrazone groups is 1. The van der Waals surface area contributed by atoms with Gasteiger partial charge in [0.2, 0.25) is 0 Å². The predicted octanol–water partition coefficient (Wildman–Crippen LogP) is 1.82. The molecule has 8 heteroatoms. The first-order chi connectivity index (χ1) is 11.1. The second-order valence-electron chi connectivity index (χ2n) is 4.34. The number of hydrogen-bond acceptors (Lipinski definition) is 5. The average Bonchev–Trinajstić information content (AvgIpc) is 3.07. The number of carbonyl (C=O) groups excluding carboxylic acids is 2. The van der Waals surface area contributed by atoms with E-state index in [9.17, 15) is 9.59 Å². The lowest BCUT2D eigenvalue weighted by molar-refractivity contribution is -0.120. The van der Waals surface area contributed by atoms with Gasteiger partial charge in [-0.15, -0.1) is 0 Å². The van der Waals surface area contributed by atoms with E-state index in [1.54, 1.807) is 24.3 Å². The van der Waals surface area contributed by atoms with E-state index in [2.05, 4.69) is 15.8 Å². The third-order valence-electron chi connectivity index (χ3n) is 2.74. The van der Waals surface area contributed by atoms with Crippen LogP contribution < -0.4 is 15.5 Å². The molecule has 0 aliphatic heterocycles. The van der Waals surface area contributed by atoms with Crippen LogP contribution in [0.3, 0.4) is 0 Å². The first kappa shape index (κ1) is 16.6. The highest BCUT2D eigenvalue weighted by atomic mass is 35.5. The molecular weight excluding hydrogens is 322 g/mol. The van der Waals surface area contributed by atoms with Crippen LogP contribution in [0, 0.1) is 0 Å². The highest BCUT2D eigenvalue weighted by Crippen LogP contribution is 2.20. The Balaban J connectivity index is 1.84. The maximum atomic E-state index is 11.6. The number of amides is 2. The Kier molecular flexibility index (Phi) is 5.76. The molecule has 0 bridgehead atoms. The van der Waals surface area contributed by atoms with E-state index < -0.39 is 11.8 Å². The van der Waals surface area contributed by atoms with E-state index in [4.69, 9.17) is 20.8 Å². The SMILES string of the molecule is COc1ccc(Cl)cc1/C=N\NC(=O)CNC(=O)c1ccco1. The van der Waals surface area contributed by atoms with E-state index in [1.165, 1.54) is 25.7 Å². The molecule has 7 nitrogen and oxygen atoms in total. The minimum atomic E-state index is -0.484. The van der Waals surface area contributed by atoms with Gasteiger partial charge in [0, 0.05) is 10.6 Å². The van der Waals surface area contributed by atoms with Gasteiger partial charge in [0.15, 0.2) is 5.76 Å². The van der Waals surface area contributed by atoms with Gasteiger partial charge in [0.25, 0.3) is 11.8 Å². The Bertz CT molecular complexity index is 714.